The van der Waals surface area contributed by atoms with Crippen molar-refractivity contribution < 1.29 is 4.52 Å². The lowest BCUT2D eigenvalue weighted by Gasteiger charge is -1.96. The van der Waals surface area contributed by atoms with Crippen LogP contribution in [0.2, 0.25) is 0 Å². The molecule has 0 saturated carbocycles. The van der Waals surface area contributed by atoms with Crippen LogP contribution in [0, 0.1) is 6.92 Å². The average Bonchev–Trinajstić information content (AvgIpc) is 3.00. The minimum absolute atomic E-state index is 0.363. The summed E-state index contributed by atoms with van der Waals surface area (Å²) >= 11 is 0. The summed E-state index contributed by atoms with van der Waals surface area (Å²) in [5, 5.41) is 10.2. The van der Waals surface area contributed by atoms with Crippen LogP contribution in [-0.4, -0.2) is 30.3 Å². The largest absolute Gasteiger partial charge is 0.332 e. The molecular weight excluding hydrogens is 220 g/mol. The zero-order valence-corrected chi connectivity index (χ0v) is 8.95. The topological polar surface area (TPSA) is 93.4 Å². The number of aryl methyl sites for hydroxylation is 1. The van der Waals surface area contributed by atoms with Gasteiger partial charge in [-0.1, -0.05) is 11.2 Å². The fourth-order valence-corrected chi connectivity index (χ4v) is 1.44. The highest BCUT2D eigenvalue weighted by molar-refractivity contribution is 5.54. The first-order valence-electron chi connectivity index (χ1n) is 4.96. The van der Waals surface area contributed by atoms with Gasteiger partial charge in [0.25, 0.3) is 5.89 Å². The highest BCUT2D eigenvalue weighted by atomic mass is 16.5. The summed E-state index contributed by atoms with van der Waals surface area (Å²) in [6.07, 6.45) is 3.07. The quantitative estimate of drug-likeness (QED) is 0.708. The van der Waals surface area contributed by atoms with Crippen molar-refractivity contribution >= 4 is 0 Å². The monoisotopic (exact) mass is 228 g/mol. The summed E-state index contributed by atoms with van der Waals surface area (Å²) in [4.78, 5) is 12.4. The Labute approximate surface area is 95.9 Å². The van der Waals surface area contributed by atoms with Crippen LogP contribution in [0.15, 0.2) is 29.2 Å². The number of pyridine rings is 1. The minimum Gasteiger partial charge on any atom is -0.332 e. The molecule has 0 aromatic carbocycles. The molecule has 0 saturated heterocycles. The Morgan fingerprint density at radius 2 is 2.24 bits per heavy atom. The first-order chi connectivity index (χ1) is 8.34. The molecule has 17 heavy (non-hydrogen) atoms. The van der Waals surface area contributed by atoms with Crippen LogP contribution in [0.25, 0.3) is 23.2 Å². The highest BCUT2D eigenvalue weighted by Crippen LogP contribution is 2.20. The van der Waals surface area contributed by atoms with Gasteiger partial charge in [-0.3, -0.25) is 10.1 Å². The Morgan fingerprint density at radius 3 is 3.00 bits per heavy atom. The van der Waals surface area contributed by atoms with E-state index < -0.39 is 0 Å². The van der Waals surface area contributed by atoms with Gasteiger partial charge in [-0.05, 0) is 18.6 Å². The van der Waals surface area contributed by atoms with Gasteiger partial charge < -0.3 is 4.52 Å². The van der Waals surface area contributed by atoms with Gasteiger partial charge in [0.15, 0.2) is 5.82 Å². The van der Waals surface area contributed by atoms with Crippen molar-refractivity contribution in [1.82, 2.24) is 30.3 Å². The lowest BCUT2D eigenvalue weighted by atomic mass is 10.2. The summed E-state index contributed by atoms with van der Waals surface area (Å²) in [6.45, 7) is 1.93. The van der Waals surface area contributed by atoms with Gasteiger partial charge in [-0.2, -0.15) is 10.1 Å². The van der Waals surface area contributed by atoms with E-state index in [2.05, 4.69) is 30.3 Å². The molecule has 3 aromatic heterocycles. The number of hydrogen-bond donors (Lipinski definition) is 1. The number of aromatic nitrogens is 6. The first kappa shape index (κ1) is 9.64. The van der Waals surface area contributed by atoms with Gasteiger partial charge in [-0.25, -0.2) is 4.98 Å². The van der Waals surface area contributed by atoms with E-state index in [0.29, 0.717) is 23.2 Å². The molecule has 7 nitrogen and oxygen atoms in total. The van der Waals surface area contributed by atoms with Gasteiger partial charge in [0.1, 0.15) is 12.0 Å². The summed E-state index contributed by atoms with van der Waals surface area (Å²) in [5.41, 5.74) is 1.64. The molecule has 0 aliphatic heterocycles. The summed E-state index contributed by atoms with van der Waals surface area (Å²) in [7, 11) is 0. The molecule has 0 radical (unpaired) electrons. The van der Waals surface area contributed by atoms with Crippen molar-refractivity contribution in [2.24, 2.45) is 0 Å². The van der Waals surface area contributed by atoms with Gasteiger partial charge in [0.05, 0.1) is 0 Å². The lowest BCUT2D eigenvalue weighted by Crippen LogP contribution is -1.88. The Balaban J connectivity index is 2.04. The number of nitrogens with one attached hydrogen (secondary N) is 1. The van der Waals surface area contributed by atoms with E-state index in [4.69, 9.17) is 4.52 Å². The van der Waals surface area contributed by atoms with E-state index in [1.807, 2.05) is 19.1 Å². The minimum atomic E-state index is 0.363. The van der Waals surface area contributed by atoms with Crippen molar-refractivity contribution in [3.05, 3.63) is 30.2 Å². The maximum Gasteiger partial charge on any atom is 0.277 e. The van der Waals surface area contributed by atoms with Crippen LogP contribution >= 0.6 is 0 Å². The average molecular weight is 228 g/mol. The van der Waals surface area contributed by atoms with Crippen LogP contribution in [0.3, 0.4) is 0 Å². The van der Waals surface area contributed by atoms with E-state index in [1.165, 1.54) is 6.33 Å². The van der Waals surface area contributed by atoms with Crippen LogP contribution in [-0.2, 0) is 0 Å². The smallest absolute Gasteiger partial charge is 0.277 e. The SMILES string of the molecule is Cc1cccnc1-c1nc(-c2ncn[nH]2)no1. The second-order valence-corrected chi connectivity index (χ2v) is 3.43. The maximum absolute atomic E-state index is 5.14. The zero-order valence-electron chi connectivity index (χ0n) is 8.95. The van der Waals surface area contributed by atoms with Crippen molar-refractivity contribution in [1.29, 1.82) is 0 Å². The van der Waals surface area contributed by atoms with Crippen molar-refractivity contribution in [2.45, 2.75) is 6.92 Å². The van der Waals surface area contributed by atoms with Crippen LogP contribution in [0.1, 0.15) is 5.56 Å². The predicted octanol–water partition coefficient (Wildman–Crippen LogP) is 1.23. The van der Waals surface area contributed by atoms with E-state index in [1.54, 1.807) is 6.20 Å². The molecule has 84 valence electrons. The number of H-pyrrole nitrogens is 1. The van der Waals surface area contributed by atoms with Crippen LogP contribution in [0.4, 0.5) is 0 Å². The molecule has 0 aliphatic carbocycles. The normalized spacial score (nSPS) is 10.6. The molecule has 7 heteroatoms. The Hall–Kier alpha value is -2.57. The van der Waals surface area contributed by atoms with E-state index >= 15 is 0 Å². The van der Waals surface area contributed by atoms with Crippen molar-refractivity contribution in [3.63, 3.8) is 0 Å². The van der Waals surface area contributed by atoms with Gasteiger partial charge in [0, 0.05) is 6.20 Å². The second kappa shape index (κ2) is 3.78. The Morgan fingerprint density at radius 1 is 1.29 bits per heavy atom. The fourth-order valence-electron chi connectivity index (χ4n) is 1.44. The molecule has 3 heterocycles. The van der Waals surface area contributed by atoms with E-state index in [0.717, 1.165) is 5.56 Å². The van der Waals surface area contributed by atoms with Gasteiger partial charge in [0.2, 0.25) is 5.82 Å². The Kier molecular flexibility index (Phi) is 2.14. The lowest BCUT2D eigenvalue weighted by molar-refractivity contribution is 0.430. The zero-order chi connectivity index (χ0) is 11.7. The fraction of sp³-hybridized carbons (Fsp3) is 0.100. The molecule has 3 aromatic rings. The van der Waals surface area contributed by atoms with Crippen LogP contribution < -0.4 is 0 Å². The maximum atomic E-state index is 5.14. The van der Waals surface area contributed by atoms with Crippen molar-refractivity contribution in [3.8, 4) is 23.2 Å². The molecule has 0 amide bonds. The Bertz CT molecular complexity index is 630. The second-order valence-electron chi connectivity index (χ2n) is 3.43. The molecule has 0 bridgehead atoms. The molecule has 0 spiro atoms. The third kappa shape index (κ3) is 1.67. The standard InChI is InChI=1S/C10H8N6O/c1-6-3-2-4-11-7(6)10-14-9(16-17-10)8-12-5-13-15-8/h2-5H,1H3,(H,12,13,15). The molecule has 1 N–H and O–H groups in total. The van der Waals surface area contributed by atoms with E-state index in [9.17, 15) is 0 Å². The summed E-state index contributed by atoms with van der Waals surface area (Å²) in [6, 6.07) is 3.78. The predicted molar refractivity (Wildman–Crippen MR) is 57.6 cm³/mol. The van der Waals surface area contributed by atoms with Crippen LogP contribution in [0.5, 0.6) is 0 Å². The molecule has 3 rings (SSSR count). The van der Waals surface area contributed by atoms with Gasteiger partial charge >= 0.3 is 0 Å². The molecule has 0 unspecified atom stereocenters. The molecular formula is C10H8N6O. The summed E-state index contributed by atoms with van der Waals surface area (Å²) < 4.78 is 5.14. The number of hydrogen-bond acceptors (Lipinski definition) is 6. The number of rotatable bonds is 2. The van der Waals surface area contributed by atoms with Gasteiger partial charge in [-0.15, -0.1) is 0 Å². The summed E-state index contributed by atoms with van der Waals surface area (Å²) in [5.74, 6) is 1.20. The third-order valence-electron chi connectivity index (χ3n) is 2.26. The molecule has 0 aliphatic rings. The third-order valence-corrected chi connectivity index (χ3v) is 2.26. The van der Waals surface area contributed by atoms with Crippen molar-refractivity contribution in [2.75, 3.05) is 0 Å². The number of nitrogens with zero attached hydrogens (tertiary/aromatic N) is 5. The molecule has 0 atom stereocenters. The highest BCUT2D eigenvalue weighted by Gasteiger charge is 2.14. The van der Waals surface area contributed by atoms with E-state index in [-0.39, 0.29) is 0 Å². The number of aromatic amines is 1. The first-order valence-corrected chi connectivity index (χ1v) is 4.96. The molecule has 0 fully saturated rings.